The average Bonchev–Trinajstić information content (AvgIpc) is 2.26. The van der Waals surface area contributed by atoms with Crippen LogP contribution in [0.25, 0.3) is 0 Å². The molecule has 0 heterocycles. The van der Waals surface area contributed by atoms with Crippen molar-refractivity contribution in [3.8, 4) is 11.5 Å². The maximum Gasteiger partial charge on any atom is 0.185 e. The predicted molar refractivity (Wildman–Crippen MR) is 62.3 cm³/mol. The monoisotopic (exact) mass is 237 g/mol. The number of hydrogen-bond donors (Lipinski definition) is 1. The third-order valence-corrected chi connectivity index (χ3v) is 2.36. The molecular weight excluding hydrogens is 229 g/mol. The van der Waals surface area contributed by atoms with Gasteiger partial charge in [0.05, 0.1) is 10.7 Å². The molecule has 0 radical (unpaired) electrons. The summed E-state index contributed by atoms with van der Waals surface area (Å²) in [7, 11) is 0. The molecule has 2 N–H and O–H groups in total. The minimum Gasteiger partial charge on any atom is -0.451 e. The number of anilines is 1. The zero-order valence-corrected chi connectivity index (χ0v) is 9.04. The molecule has 0 aliphatic carbocycles. The Labute approximate surface area is 97.4 Å². The Balaban J connectivity index is 2.38. The first-order valence-electron chi connectivity index (χ1n) is 4.65. The van der Waals surface area contributed by atoms with Gasteiger partial charge in [0.1, 0.15) is 5.75 Å². The number of benzene rings is 2. The molecule has 2 aromatic rings. The molecule has 0 bridgehead atoms. The highest BCUT2D eigenvalue weighted by Gasteiger charge is 2.10. The van der Waals surface area contributed by atoms with Gasteiger partial charge in [0.15, 0.2) is 11.6 Å². The van der Waals surface area contributed by atoms with Gasteiger partial charge in [-0.05, 0) is 24.3 Å². The lowest BCUT2D eigenvalue weighted by Gasteiger charge is -2.10. The van der Waals surface area contributed by atoms with Gasteiger partial charge in [-0.15, -0.1) is 0 Å². The Morgan fingerprint density at radius 1 is 1.06 bits per heavy atom. The van der Waals surface area contributed by atoms with Gasteiger partial charge in [-0.3, -0.25) is 0 Å². The van der Waals surface area contributed by atoms with Gasteiger partial charge >= 0.3 is 0 Å². The summed E-state index contributed by atoms with van der Waals surface area (Å²) < 4.78 is 18.8. The molecule has 0 aromatic heterocycles. The minimum atomic E-state index is -0.514. The first kappa shape index (κ1) is 10.8. The van der Waals surface area contributed by atoms with Crippen LogP contribution in [0.15, 0.2) is 42.5 Å². The van der Waals surface area contributed by atoms with Crippen LogP contribution in [0.1, 0.15) is 0 Å². The fraction of sp³-hybridized carbons (Fsp3) is 0. The van der Waals surface area contributed by atoms with Crippen LogP contribution < -0.4 is 10.5 Å². The molecular formula is C12H9ClFNO. The van der Waals surface area contributed by atoms with E-state index in [1.54, 1.807) is 30.3 Å². The van der Waals surface area contributed by atoms with Crippen LogP contribution in [0.4, 0.5) is 10.1 Å². The second-order valence-corrected chi connectivity index (χ2v) is 3.60. The van der Waals surface area contributed by atoms with E-state index in [-0.39, 0.29) is 11.4 Å². The highest BCUT2D eigenvalue weighted by atomic mass is 35.5. The van der Waals surface area contributed by atoms with E-state index >= 15 is 0 Å². The molecule has 0 spiro atoms. The summed E-state index contributed by atoms with van der Waals surface area (Å²) >= 11 is 5.89. The molecule has 0 fully saturated rings. The fourth-order valence-corrected chi connectivity index (χ4v) is 1.44. The molecule has 0 atom stereocenters. The first-order chi connectivity index (χ1) is 7.68. The van der Waals surface area contributed by atoms with Gasteiger partial charge in [-0.25, -0.2) is 4.39 Å². The number of ether oxygens (including phenoxy) is 1. The summed E-state index contributed by atoms with van der Waals surface area (Å²) in [6.07, 6.45) is 0. The number of para-hydroxylation sites is 2. The van der Waals surface area contributed by atoms with Gasteiger partial charge in [0.25, 0.3) is 0 Å². The second-order valence-electron chi connectivity index (χ2n) is 3.19. The van der Waals surface area contributed by atoms with E-state index in [2.05, 4.69) is 0 Å². The number of halogens is 2. The third-order valence-electron chi connectivity index (χ3n) is 2.05. The van der Waals surface area contributed by atoms with Gasteiger partial charge < -0.3 is 10.5 Å². The molecule has 0 saturated carbocycles. The van der Waals surface area contributed by atoms with E-state index in [0.717, 1.165) is 0 Å². The summed E-state index contributed by atoms with van der Waals surface area (Å²) in [6, 6.07) is 11.2. The van der Waals surface area contributed by atoms with Crippen LogP contribution in [0.2, 0.25) is 5.02 Å². The van der Waals surface area contributed by atoms with Crippen LogP contribution >= 0.6 is 11.6 Å². The topological polar surface area (TPSA) is 35.2 Å². The van der Waals surface area contributed by atoms with Crippen molar-refractivity contribution < 1.29 is 9.13 Å². The molecule has 2 aromatic carbocycles. The van der Waals surface area contributed by atoms with Crippen molar-refractivity contribution in [1.29, 1.82) is 0 Å². The lowest BCUT2D eigenvalue weighted by Crippen LogP contribution is -1.95. The van der Waals surface area contributed by atoms with Crippen LogP contribution in [0.5, 0.6) is 11.5 Å². The normalized spacial score (nSPS) is 10.1. The molecule has 16 heavy (non-hydrogen) atoms. The number of rotatable bonds is 2. The van der Waals surface area contributed by atoms with E-state index in [9.17, 15) is 4.39 Å². The van der Waals surface area contributed by atoms with Crippen molar-refractivity contribution in [3.05, 3.63) is 53.3 Å². The SMILES string of the molecule is Nc1cccc(F)c1Oc1ccccc1Cl. The Morgan fingerprint density at radius 3 is 2.50 bits per heavy atom. The summed E-state index contributed by atoms with van der Waals surface area (Å²) in [6.45, 7) is 0. The minimum absolute atomic E-state index is 0.00407. The first-order valence-corrected chi connectivity index (χ1v) is 5.02. The van der Waals surface area contributed by atoms with E-state index in [1.165, 1.54) is 12.1 Å². The highest BCUT2D eigenvalue weighted by Crippen LogP contribution is 2.33. The second kappa shape index (κ2) is 4.41. The van der Waals surface area contributed by atoms with Crippen molar-refractivity contribution in [3.63, 3.8) is 0 Å². The van der Waals surface area contributed by atoms with Gasteiger partial charge in [0, 0.05) is 0 Å². The average molecular weight is 238 g/mol. The molecule has 0 amide bonds. The predicted octanol–water partition coefficient (Wildman–Crippen LogP) is 3.85. The molecule has 2 rings (SSSR count). The lowest BCUT2D eigenvalue weighted by atomic mass is 10.3. The number of hydrogen-bond acceptors (Lipinski definition) is 2. The van der Waals surface area contributed by atoms with Crippen molar-refractivity contribution in [2.45, 2.75) is 0 Å². The quantitative estimate of drug-likeness (QED) is 0.805. The largest absolute Gasteiger partial charge is 0.451 e. The molecule has 82 valence electrons. The molecule has 0 aliphatic heterocycles. The molecule has 2 nitrogen and oxygen atoms in total. The van der Waals surface area contributed by atoms with E-state index < -0.39 is 5.82 Å². The summed E-state index contributed by atoms with van der Waals surface area (Å²) in [5.41, 5.74) is 5.85. The van der Waals surface area contributed by atoms with E-state index in [4.69, 9.17) is 22.1 Å². The number of nitrogens with two attached hydrogens (primary N) is 1. The van der Waals surface area contributed by atoms with Crippen molar-refractivity contribution in [2.75, 3.05) is 5.73 Å². The smallest absolute Gasteiger partial charge is 0.185 e. The summed E-state index contributed by atoms with van der Waals surface area (Å²) in [5.74, 6) is -0.142. The Kier molecular flexibility index (Phi) is 2.97. The molecule has 0 unspecified atom stereocenters. The van der Waals surface area contributed by atoms with Crippen LogP contribution in [0, 0.1) is 5.82 Å². The fourth-order valence-electron chi connectivity index (χ4n) is 1.27. The van der Waals surface area contributed by atoms with Crippen molar-refractivity contribution in [1.82, 2.24) is 0 Å². The lowest BCUT2D eigenvalue weighted by molar-refractivity contribution is 0.445. The van der Waals surface area contributed by atoms with E-state index in [1.807, 2.05) is 0 Å². The summed E-state index contributed by atoms with van der Waals surface area (Å²) in [5, 5.41) is 0.408. The standard InChI is InChI=1S/C12H9ClFNO/c13-8-4-1-2-7-11(8)16-12-9(14)5-3-6-10(12)15/h1-7H,15H2. The van der Waals surface area contributed by atoms with E-state index in [0.29, 0.717) is 10.8 Å². The number of nitrogen functional groups attached to an aromatic ring is 1. The summed E-state index contributed by atoms with van der Waals surface area (Å²) in [4.78, 5) is 0. The van der Waals surface area contributed by atoms with Gasteiger partial charge in [0.2, 0.25) is 0 Å². The van der Waals surface area contributed by atoms with Crippen LogP contribution in [-0.4, -0.2) is 0 Å². The van der Waals surface area contributed by atoms with Crippen LogP contribution in [0.3, 0.4) is 0 Å². The zero-order valence-electron chi connectivity index (χ0n) is 8.28. The molecule has 0 saturated heterocycles. The van der Waals surface area contributed by atoms with Crippen LogP contribution in [-0.2, 0) is 0 Å². The zero-order chi connectivity index (χ0) is 11.5. The molecule has 0 aliphatic rings. The molecule has 4 heteroatoms. The van der Waals surface area contributed by atoms with Crippen molar-refractivity contribution >= 4 is 17.3 Å². The maximum atomic E-state index is 13.4. The van der Waals surface area contributed by atoms with Gasteiger partial charge in [-0.2, -0.15) is 0 Å². The maximum absolute atomic E-state index is 13.4. The third kappa shape index (κ3) is 2.09. The Hall–Kier alpha value is -1.74. The van der Waals surface area contributed by atoms with Gasteiger partial charge in [-0.1, -0.05) is 29.8 Å². The Morgan fingerprint density at radius 2 is 1.81 bits per heavy atom. The van der Waals surface area contributed by atoms with Crippen molar-refractivity contribution in [2.24, 2.45) is 0 Å². The highest BCUT2D eigenvalue weighted by molar-refractivity contribution is 6.32. The Bertz CT molecular complexity index is 496.